The number of hydrogen-bond donors (Lipinski definition) is 0. The summed E-state index contributed by atoms with van der Waals surface area (Å²) in [6.45, 7) is 0. The van der Waals surface area contributed by atoms with E-state index in [-0.39, 0.29) is 11.5 Å². The van der Waals surface area contributed by atoms with Gasteiger partial charge < -0.3 is 0 Å². The minimum absolute atomic E-state index is 0.0357. The minimum Gasteiger partial charge on any atom is -0.292 e. The molecule has 0 saturated carbocycles. The Morgan fingerprint density at radius 3 is 2.57 bits per heavy atom. The number of aryl methyl sites for hydroxylation is 1. The van der Waals surface area contributed by atoms with Gasteiger partial charge in [-0.25, -0.2) is 4.98 Å². The lowest BCUT2D eigenvalue weighted by Gasteiger charge is -2.06. The highest BCUT2D eigenvalue weighted by molar-refractivity contribution is 7.12. The van der Waals surface area contributed by atoms with Crippen LogP contribution in [-0.4, -0.2) is 10.8 Å². The molecular formula is C8H6F3NOS. The van der Waals surface area contributed by atoms with E-state index >= 15 is 0 Å². The van der Waals surface area contributed by atoms with Gasteiger partial charge in [0.05, 0.1) is 0 Å². The molecule has 76 valence electrons. The normalized spacial score (nSPS) is 16.9. The van der Waals surface area contributed by atoms with Crippen LogP contribution in [0.15, 0.2) is 0 Å². The second-order valence-corrected chi connectivity index (χ2v) is 4.15. The first-order valence-corrected chi connectivity index (χ1v) is 4.90. The van der Waals surface area contributed by atoms with Crippen molar-refractivity contribution in [2.45, 2.75) is 25.4 Å². The summed E-state index contributed by atoms with van der Waals surface area (Å²) in [7, 11) is 0. The van der Waals surface area contributed by atoms with E-state index < -0.39 is 11.2 Å². The summed E-state index contributed by atoms with van der Waals surface area (Å²) in [5.74, 6) is -0.266. The molecule has 0 atom stereocenters. The molecule has 0 N–H and O–H groups in total. The van der Waals surface area contributed by atoms with Crippen molar-refractivity contribution in [1.29, 1.82) is 0 Å². The molecule has 0 fully saturated rings. The van der Waals surface area contributed by atoms with Gasteiger partial charge in [0.25, 0.3) is 0 Å². The molecule has 1 aliphatic carbocycles. The van der Waals surface area contributed by atoms with Crippen LogP contribution in [0.1, 0.15) is 33.2 Å². The van der Waals surface area contributed by atoms with Gasteiger partial charge in [-0.15, -0.1) is 11.3 Å². The molecule has 0 saturated heterocycles. The standard InChI is InChI=1S/C8H6F3NOS/c9-8(10,11)7-12-6-4(13)2-1-3-5(6)14-7/h1-3H2. The highest BCUT2D eigenvalue weighted by atomic mass is 32.1. The molecule has 0 radical (unpaired) electrons. The van der Waals surface area contributed by atoms with Crippen LogP contribution in [0.2, 0.25) is 0 Å². The third kappa shape index (κ3) is 1.54. The molecule has 0 amide bonds. The molecule has 1 aliphatic rings. The monoisotopic (exact) mass is 221 g/mol. The van der Waals surface area contributed by atoms with Crippen LogP contribution < -0.4 is 0 Å². The number of carbonyl (C=O) groups excluding carboxylic acids is 1. The van der Waals surface area contributed by atoms with Crippen molar-refractivity contribution in [1.82, 2.24) is 4.98 Å². The Kier molecular flexibility index (Phi) is 2.10. The Balaban J connectivity index is 2.45. The summed E-state index contributed by atoms with van der Waals surface area (Å²) in [5, 5.41) is -0.905. The average molecular weight is 221 g/mol. The number of nitrogens with zero attached hydrogens (tertiary/aromatic N) is 1. The molecule has 14 heavy (non-hydrogen) atoms. The first-order valence-electron chi connectivity index (χ1n) is 4.08. The van der Waals surface area contributed by atoms with E-state index in [2.05, 4.69) is 4.98 Å². The molecule has 2 nitrogen and oxygen atoms in total. The van der Waals surface area contributed by atoms with Gasteiger partial charge in [0.1, 0.15) is 5.69 Å². The molecular weight excluding hydrogens is 215 g/mol. The van der Waals surface area contributed by atoms with Crippen LogP contribution >= 0.6 is 11.3 Å². The van der Waals surface area contributed by atoms with E-state index in [1.54, 1.807) is 0 Å². The largest absolute Gasteiger partial charge is 0.443 e. The van der Waals surface area contributed by atoms with Crippen molar-refractivity contribution in [2.24, 2.45) is 0 Å². The quantitative estimate of drug-likeness (QED) is 0.674. The maximum absolute atomic E-state index is 12.2. The molecule has 0 spiro atoms. The van der Waals surface area contributed by atoms with Crippen LogP contribution in [0.25, 0.3) is 0 Å². The SMILES string of the molecule is O=C1CCCc2sc(C(F)(F)F)nc21. The Hall–Kier alpha value is -0.910. The van der Waals surface area contributed by atoms with Gasteiger partial charge in [0.15, 0.2) is 10.8 Å². The molecule has 0 unspecified atom stereocenters. The maximum atomic E-state index is 12.2. The summed E-state index contributed by atoms with van der Waals surface area (Å²) >= 11 is 0.589. The van der Waals surface area contributed by atoms with Gasteiger partial charge in [-0.05, 0) is 12.8 Å². The van der Waals surface area contributed by atoms with E-state index in [0.29, 0.717) is 35.5 Å². The molecule has 6 heteroatoms. The first-order chi connectivity index (χ1) is 6.48. The number of Topliss-reactive ketones (excluding diaryl/α,β-unsaturated/α-hetero) is 1. The van der Waals surface area contributed by atoms with Gasteiger partial charge >= 0.3 is 6.18 Å². The number of alkyl halides is 3. The highest BCUT2D eigenvalue weighted by Gasteiger charge is 2.37. The topological polar surface area (TPSA) is 30.0 Å². The number of rotatable bonds is 0. The van der Waals surface area contributed by atoms with Crippen LogP contribution in [0, 0.1) is 0 Å². The molecule has 1 heterocycles. The van der Waals surface area contributed by atoms with Crippen molar-refractivity contribution in [3.63, 3.8) is 0 Å². The molecule has 0 bridgehead atoms. The second-order valence-electron chi connectivity index (χ2n) is 3.07. The van der Waals surface area contributed by atoms with Crippen LogP contribution in [0.4, 0.5) is 13.2 Å². The number of aromatic nitrogens is 1. The maximum Gasteiger partial charge on any atom is 0.443 e. The zero-order valence-electron chi connectivity index (χ0n) is 7.02. The average Bonchev–Trinajstić information content (AvgIpc) is 2.48. The summed E-state index contributed by atoms with van der Waals surface area (Å²) < 4.78 is 36.7. The molecule has 1 aromatic rings. The fourth-order valence-electron chi connectivity index (χ4n) is 1.39. The van der Waals surface area contributed by atoms with Crippen molar-refractivity contribution in [2.75, 3.05) is 0 Å². The fraction of sp³-hybridized carbons (Fsp3) is 0.500. The number of carbonyl (C=O) groups is 1. The van der Waals surface area contributed by atoms with Gasteiger partial charge in [0.2, 0.25) is 0 Å². The van der Waals surface area contributed by atoms with E-state index in [0.717, 1.165) is 0 Å². The molecule has 1 aromatic heterocycles. The van der Waals surface area contributed by atoms with Crippen molar-refractivity contribution in [3.8, 4) is 0 Å². The lowest BCUT2D eigenvalue weighted by molar-refractivity contribution is -0.137. The van der Waals surface area contributed by atoms with Crippen molar-refractivity contribution < 1.29 is 18.0 Å². The summed E-state index contributed by atoms with van der Waals surface area (Å²) in [4.78, 5) is 15.0. The van der Waals surface area contributed by atoms with Crippen LogP contribution in [0.3, 0.4) is 0 Å². The van der Waals surface area contributed by atoms with E-state index in [9.17, 15) is 18.0 Å². The summed E-state index contributed by atoms with van der Waals surface area (Å²) in [5.41, 5.74) is 0.0357. The van der Waals surface area contributed by atoms with Gasteiger partial charge in [-0.3, -0.25) is 4.79 Å². The van der Waals surface area contributed by atoms with E-state index in [1.807, 2.05) is 0 Å². The Morgan fingerprint density at radius 2 is 2.00 bits per heavy atom. The Labute approximate surface area is 81.8 Å². The molecule has 0 aromatic carbocycles. The Morgan fingerprint density at radius 1 is 1.29 bits per heavy atom. The van der Waals surface area contributed by atoms with E-state index in [4.69, 9.17) is 0 Å². The van der Waals surface area contributed by atoms with Crippen LogP contribution in [-0.2, 0) is 12.6 Å². The van der Waals surface area contributed by atoms with Gasteiger partial charge in [-0.1, -0.05) is 0 Å². The third-order valence-electron chi connectivity index (χ3n) is 2.01. The predicted molar refractivity (Wildman–Crippen MR) is 44.4 cm³/mol. The van der Waals surface area contributed by atoms with Crippen molar-refractivity contribution in [3.05, 3.63) is 15.6 Å². The fourth-order valence-corrected chi connectivity index (χ4v) is 2.38. The number of hydrogen-bond acceptors (Lipinski definition) is 3. The Bertz CT molecular complexity index is 382. The van der Waals surface area contributed by atoms with Crippen molar-refractivity contribution >= 4 is 17.1 Å². The molecule has 0 aliphatic heterocycles. The second kappa shape index (κ2) is 3.05. The zero-order chi connectivity index (χ0) is 10.3. The minimum atomic E-state index is -4.43. The molecule has 2 rings (SSSR count). The van der Waals surface area contributed by atoms with Gasteiger partial charge in [0, 0.05) is 11.3 Å². The summed E-state index contributed by atoms with van der Waals surface area (Å²) in [6.07, 6.45) is -2.95. The van der Waals surface area contributed by atoms with E-state index in [1.165, 1.54) is 0 Å². The number of thiazole rings is 1. The van der Waals surface area contributed by atoms with Crippen LogP contribution in [0.5, 0.6) is 0 Å². The third-order valence-corrected chi connectivity index (χ3v) is 3.17. The summed E-state index contributed by atoms with van der Waals surface area (Å²) in [6, 6.07) is 0. The number of fused-ring (bicyclic) bond motifs is 1. The highest BCUT2D eigenvalue weighted by Crippen LogP contribution is 2.36. The zero-order valence-corrected chi connectivity index (χ0v) is 7.84. The smallest absolute Gasteiger partial charge is 0.292 e. The number of ketones is 1. The van der Waals surface area contributed by atoms with Gasteiger partial charge in [-0.2, -0.15) is 13.2 Å². The first kappa shape index (κ1) is 9.64. The lowest BCUT2D eigenvalue weighted by Crippen LogP contribution is -2.10. The number of halogens is 3. The lowest BCUT2D eigenvalue weighted by atomic mass is 10.0. The predicted octanol–water partition coefficient (Wildman–Crippen LogP) is 2.68.